The van der Waals surface area contributed by atoms with E-state index in [1.165, 1.54) is 12.0 Å². The lowest BCUT2D eigenvalue weighted by atomic mass is 9.78. The van der Waals surface area contributed by atoms with Crippen molar-refractivity contribution in [3.63, 3.8) is 0 Å². The molecule has 3 aliphatic heterocycles. The van der Waals surface area contributed by atoms with Crippen molar-refractivity contribution in [1.29, 1.82) is 0 Å². The second-order valence-corrected chi connectivity index (χ2v) is 20.7. The van der Waals surface area contributed by atoms with E-state index in [-0.39, 0.29) is 85.6 Å². The van der Waals surface area contributed by atoms with Crippen molar-refractivity contribution in [2.75, 3.05) is 34.0 Å². The van der Waals surface area contributed by atoms with E-state index in [0.717, 1.165) is 24.8 Å². The molecule has 0 spiro atoms. The first-order valence-corrected chi connectivity index (χ1v) is 25.2. The monoisotopic (exact) mass is 940 g/mol. The largest absolute Gasteiger partial charge is 0.460 e. The van der Waals surface area contributed by atoms with Gasteiger partial charge in [-0.2, -0.15) is 0 Å². The smallest absolute Gasteiger partial charge is 0.329 e. The zero-order valence-corrected chi connectivity index (χ0v) is 42.6. The summed E-state index contributed by atoms with van der Waals surface area (Å²) in [6.45, 7) is 17.5. The number of esters is 1. The van der Waals surface area contributed by atoms with Crippen LogP contribution in [0.4, 0.5) is 0 Å². The number of nitrogens with zero attached hydrogens (tertiary/aromatic N) is 1. The first-order chi connectivity index (χ1) is 31.7. The zero-order chi connectivity index (χ0) is 49.6. The molecule has 13 nitrogen and oxygen atoms in total. The molecule has 1 amide bonds. The van der Waals surface area contributed by atoms with Gasteiger partial charge in [0.05, 0.1) is 31.5 Å². The Labute approximate surface area is 401 Å². The molecule has 15 atom stereocenters. The number of allylic oxidation sites excluding steroid dienone is 7. The molecule has 0 aromatic heterocycles. The summed E-state index contributed by atoms with van der Waals surface area (Å²) in [5.41, 5.74) is 0.186. The number of cyclic esters (lactones) is 1. The average molecular weight is 940 g/mol. The number of hydrogen-bond acceptors (Lipinski definition) is 12. The van der Waals surface area contributed by atoms with E-state index in [1.807, 2.05) is 52.0 Å². The molecule has 0 aromatic rings. The van der Waals surface area contributed by atoms with Crippen molar-refractivity contribution in [2.45, 2.75) is 188 Å². The second kappa shape index (κ2) is 26.6. The number of ether oxygens (including phenoxy) is 5. The molecule has 13 heteroatoms. The van der Waals surface area contributed by atoms with Gasteiger partial charge in [-0.1, -0.05) is 83.6 Å². The SMILES string of the molecule is CO[C@@H]1C[C@H](C[C@@H](C)[C@@H]2CC(=O)[C@H](C)/C=C(\C)[C@@H](O)[C@@H](OC)C(=O)[C@H](C)C[C@H](C)/C=C/C=C/C=C(\C)[C@@H](C)C[C@@H]3CC[C@@H](C)[C@@](C)(O3)C(=O)C(=O)N3CCCC[C@H]3C(=O)O2)CC[C@H]1OCCO. The Hall–Kier alpha value is -3.33. The van der Waals surface area contributed by atoms with Crippen LogP contribution in [0.3, 0.4) is 0 Å². The maximum Gasteiger partial charge on any atom is 0.329 e. The van der Waals surface area contributed by atoms with Crippen molar-refractivity contribution >= 4 is 29.2 Å². The van der Waals surface area contributed by atoms with Crippen LogP contribution >= 0.6 is 0 Å². The number of carbonyl (C=O) groups excluding carboxylic acids is 5. The van der Waals surface area contributed by atoms with E-state index in [4.69, 9.17) is 23.7 Å². The van der Waals surface area contributed by atoms with E-state index in [1.54, 1.807) is 34.0 Å². The Kier molecular flexibility index (Phi) is 22.3. The minimum Gasteiger partial charge on any atom is -0.460 e. The van der Waals surface area contributed by atoms with E-state index < -0.39 is 59.5 Å². The van der Waals surface area contributed by atoms with Gasteiger partial charge in [0.1, 0.15) is 35.7 Å². The van der Waals surface area contributed by atoms with Crippen molar-refractivity contribution in [2.24, 2.45) is 41.4 Å². The van der Waals surface area contributed by atoms with Gasteiger partial charge in [0.15, 0.2) is 5.78 Å². The van der Waals surface area contributed by atoms with E-state index in [0.29, 0.717) is 56.9 Å². The molecule has 1 aliphatic carbocycles. The van der Waals surface area contributed by atoms with Crippen LogP contribution in [0.15, 0.2) is 47.6 Å². The fraction of sp³-hybridized carbons (Fsp3) is 0.759. The number of ketones is 3. The Morgan fingerprint density at radius 2 is 1.58 bits per heavy atom. The third kappa shape index (κ3) is 15.3. The van der Waals surface area contributed by atoms with Gasteiger partial charge in [-0.25, -0.2) is 4.79 Å². The van der Waals surface area contributed by atoms with Crippen LogP contribution in [0.25, 0.3) is 0 Å². The molecule has 378 valence electrons. The molecule has 2 N–H and O–H groups in total. The molecule has 2 saturated heterocycles. The number of carbonyl (C=O) groups is 5. The maximum absolute atomic E-state index is 14.5. The number of fused-ring (bicyclic) bond motifs is 3. The number of piperidine rings is 1. The fourth-order valence-electron chi connectivity index (χ4n) is 10.7. The first-order valence-electron chi connectivity index (χ1n) is 25.2. The summed E-state index contributed by atoms with van der Waals surface area (Å²) in [5.74, 6) is -3.77. The molecule has 67 heavy (non-hydrogen) atoms. The number of aliphatic hydroxyl groups excluding tert-OH is 2. The fourth-order valence-corrected chi connectivity index (χ4v) is 10.7. The van der Waals surface area contributed by atoms with Crippen molar-refractivity contribution in [1.82, 2.24) is 4.90 Å². The normalized spacial score (nSPS) is 39.6. The standard InChI is InChI=1S/C54H85NO12/c1-33-17-13-12-14-18-34(2)35(3)30-42-22-20-40(8)54(9,67-42)51(60)52(61)55-24-16-15-19-43(55)53(62)66-46(37(5)29-41-21-23-45(65-26-25-56)47(31-41)63-10)32-44(57)36(4)28-39(7)49(59)50(64-11)48(58)38(6)27-33/h12-14,17-18,28,33,35-38,40-43,45-47,49-50,56,59H,15-16,19-27,29-32H2,1-11H3/b14-12+,17-13+,34-18+,39-28+/t33-,35+,36-,37-,38-,40-,41+,42+,43+,45-,46+,47-,49-,50+,54-/m1/s1. The third-order valence-electron chi connectivity index (χ3n) is 15.5. The highest BCUT2D eigenvalue weighted by Crippen LogP contribution is 2.39. The lowest BCUT2D eigenvalue weighted by molar-refractivity contribution is -0.183. The molecule has 1 saturated carbocycles. The number of methoxy groups -OCH3 is 2. The highest BCUT2D eigenvalue weighted by molar-refractivity contribution is 6.39. The Morgan fingerprint density at radius 1 is 0.851 bits per heavy atom. The lowest BCUT2D eigenvalue weighted by Crippen LogP contribution is -2.59. The van der Waals surface area contributed by atoms with Crippen LogP contribution in [0.5, 0.6) is 0 Å². The molecule has 0 unspecified atom stereocenters. The second-order valence-electron chi connectivity index (χ2n) is 20.7. The molecular formula is C54H85NO12. The molecule has 3 heterocycles. The lowest BCUT2D eigenvalue weighted by Gasteiger charge is -2.44. The number of rotatable bonds is 8. The predicted octanol–water partition coefficient (Wildman–Crippen LogP) is 7.89. The van der Waals surface area contributed by atoms with Gasteiger partial charge in [0, 0.05) is 39.0 Å². The quantitative estimate of drug-likeness (QED) is 0.137. The third-order valence-corrected chi connectivity index (χ3v) is 15.5. The molecule has 3 fully saturated rings. The van der Waals surface area contributed by atoms with Crippen LogP contribution < -0.4 is 0 Å². The van der Waals surface area contributed by atoms with Gasteiger partial charge in [-0.15, -0.1) is 0 Å². The van der Waals surface area contributed by atoms with Crippen LogP contribution in [0, 0.1) is 41.4 Å². The van der Waals surface area contributed by atoms with Gasteiger partial charge in [-0.3, -0.25) is 19.2 Å². The minimum absolute atomic E-state index is 0.0647. The van der Waals surface area contributed by atoms with Crippen LogP contribution in [-0.2, 0) is 47.7 Å². The number of amides is 1. The highest BCUT2D eigenvalue weighted by Gasteiger charge is 2.51. The maximum atomic E-state index is 14.5. The van der Waals surface area contributed by atoms with Gasteiger partial charge in [0.2, 0.25) is 0 Å². The summed E-state index contributed by atoms with van der Waals surface area (Å²) >= 11 is 0. The molecule has 2 bridgehead atoms. The summed E-state index contributed by atoms with van der Waals surface area (Å²) in [7, 11) is 3.05. The molecule has 4 rings (SSSR count). The topological polar surface area (TPSA) is 175 Å². The summed E-state index contributed by atoms with van der Waals surface area (Å²) in [5, 5.41) is 20.8. The van der Waals surface area contributed by atoms with Crippen LogP contribution in [-0.4, -0.2) is 127 Å². The highest BCUT2D eigenvalue weighted by atomic mass is 16.6. The van der Waals surface area contributed by atoms with E-state index >= 15 is 0 Å². The van der Waals surface area contributed by atoms with E-state index in [9.17, 15) is 34.2 Å². The Morgan fingerprint density at radius 3 is 2.27 bits per heavy atom. The summed E-state index contributed by atoms with van der Waals surface area (Å²) in [6, 6.07) is -1.01. The minimum atomic E-state index is -1.38. The van der Waals surface area contributed by atoms with Gasteiger partial charge >= 0.3 is 5.97 Å². The number of aliphatic hydroxyl groups is 2. The molecular weight excluding hydrogens is 855 g/mol. The van der Waals surface area contributed by atoms with Gasteiger partial charge in [0.25, 0.3) is 11.7 Å². The Bertz CT molecular complexity index is 1790. The molecule has 0 aromatic carbocycles. The van der Waals surface area contributed by atoms with Crippen molar-refractivity contribution in [3.05, 3.63) is 47.6 Å². The van der Waals surface area contributed by atoms with Crippen LogP contribution in [0.1, 0.15) is 139 Å². The van der Waals surface area contributed by atoms with Gasteiger partial charge in [-0.05, 0) is 127 Å². The number of Topliss-reactive ketones (excluding diaryl/α,β-unsaturated/α-hetero) is 3. The summed E-state index contributed by atoms with van der Waals surface area (Å²) in [4.78, 5) is 72.7. The molecule has 4 aliphatic rings. The summed E-state index contributed by atoms with van der Waals surface area (Å²) in [6.07, 6.45) is 14.8. The van der Waals surface area contributed by atoms with Crippen molar-refractivity contribution < 1.29 is 57.9 Å². The first kappa shape index (κ1) is 56.3. The van der Waals surface area contributed by atoms with E-state index in [2.05, 4.69) is 19.9 Å². The molecule has 0 radical (unpaired) electrons. The Balaban J connectivity index is 1.68. The zero-order valence-electron chi connectivity index (χ0n) is 42.6. The van der Waals surface area contributed by atoms with Crippen LogP contribution in [0.2, 0.25) is 0 Å². The van der Waals surface area contributed by atoms with Crippen molar-refractivity contribution in [3.8, 4) is 0 Å². The summed E-state index contributed by atoms with van der Waals surface area (Å²) < 4.78 is 30.3. The number of hydrogen-bond donors (Lipinski definition) is 2. The average Bonchev–Trinajstić information content (AvgIpc) is 3.30. The predicted molar refractivity (Wildman–Crippen MR) is 258 cm³/mol. The van der Waals surface area contributed by atoms with Gasteiger partial charge < -0.3 is 38.8 Å².